The van der Waals surface area contributed by atoms with Crippen LogP contribution in [0.4, 0.5) is 0 Å². The number of hydrogen-bond donors (Lipinski definition) is 1. The highest BCUT2D eigenvalue weighted by Crippen LogP contribution is 2.03. The maximum absolute atomic E-state index is 10.1. The van der Waals surface area contributed by atoms with Crippen LogP contribution in [0.15, 0.2) is 38.5 Å². The molecular formula is C11H20O2. The SMILES string of the molecule is C=C.C=C.C=C(CCCC)C(=O)O. The Morgan fingerprint density at radius 1 is 1.23 bits per heavy atom. The monoisotopic (exact) mass is 184 g/mol. The molecule has 76 valence electrons. The van der Waals surface area contributed by atoms with Gasteiger partial charge in [0.05, 0.1) is 0 Å². The van der Waals surface area contributed by atoms with Crippen LogP contribution < -0.4 is 0 Å². The van der Waals surface area contributed by atoms with E-state index in [1.54, 1.807) is 0 Å². The Labute approximate surface area is 81.3 Å². The van der Waals surface area contributed by atoms with Gasteiger partial charge in [-0.3, -0.25) is 0 Å². The van der Waals surface area contributed by atoms with Crippen LogP contribution >= 0.6 is 0 Å². The van der Waals surface area contributed by atoms with Crippen LogP contribution in [0.2, 0.25) is 0 Å². The van der Waals surface area contributed by atoms with Crippen molar-refractivity contribution in [1.29, 1.82) is 0 Å². The molecule has 1 N–H and O–H groups in total. The summed E-state index contributed by atoms with van der Waals surface area (Å²) < 4.78 is 0. The van der Waals surface area contributed by atoms with Crippen molar-refractivity contribution in [3.8, 4) is 0 Å². The number of carboxylic acid groups (broad SMARTS) is 1. The van der Waals surface area contributed by atoms with Gasteiger partial charge in [-0.2, -0.15) is 0 Å². The molecule has 0 fully saturated rings. The maximum atomic E-state index is 10.1. The van der Waals surface area contributed by atoms with E-state index in [4.69, 9.17) is 5.11 Å². The van der Waals surface area contributed by atoms with Crippen LogP contribution in [0.5, 0.6) is 0 Å². The Balaban J connectivity index is -0.000000218. The quantitative estimate of drug-likeness (QED) is 0.537. The lowest BCUT2D eigenvalue weighted by Gasteiger charge is -1.95. The lowest BCUT2D eigenvalue weighted by atomic mass is 10.1. The highest BCUT2D eigenvalue weighted by atomic mass is 16.4. The molecule has 0 bridgehead atoms. The van der Waals surface area contributed by atoms with Gasteiger partial charge in [-0.1, -0.05) is 19.9 Å². The van der Waals surface area contributed by atoms with Gasteiger partial charge < -0.3 is 5.11 Å². The second-order valence-corrected chi connectivity index (χ2v) is 2.01. The molecule has 0 aromatic rings. The Hall–Kier alpha value is -1.31. The van der Waals surface area contributed by atoms with Gasteiger partial charge in [0, 0.05) is 5.57 Å². The molecule has 0 amide bonds. The minimum Gasteiger partial charge on any atom is -0.478 e. The van der Waals surface area contributed by atoms with E-state index in [-0.39, 0.29) is 0 Å². The summed E-state index contributed by atoms with van der Waals surface area (Å²) in [5.74, 6) is -0.872. The third-order valence-electron chi connectivity index (χ3n) is 1.13. The first-order valence-electron chi connectivity index (χ1n) is 4.09. The normalized spacial score (nSPS) is 6.85. The van der Waals surface area contributed by atoms with Gasteiger partial charge in [-0.15, -0.1) is 26.3 Å². The summed E-state index contributed by atoms with van der Waals surface area (Å²) in [6, 6.07) is 0. The van der Waals surface area contributed by atoms with Crippen molar-refractivity contribution in [1.82, 2.24) is 0 Å². The Kier molecular flexibility index (Phi) is 23.1. The first-order chi connectivity index (χ1) is 6.18. The third-order valence-corrected chi connectivity index (χ3v) is 1.13. The predicted molar refractivity (Wildman–Crippen MR) is 58.8 cm³/mol. The van der Waals surface area contributed by atoms with E-state index in [1.807, 2.05) is 6.92 Å². The maximum Gasteiger partial charge on any atom is 0.330 e. The summed E-state index contributed by atoms with van der Waals surface area (Å²) in [4.78, 5) is 10.1. The third kappa shape index (κ3) is 18.0. The number of hydrogen-bond acceptors (Lipinski definition) is 1. The first kappa shape index (κ1) is 17.7. The van der Waals surface area contributed by atoms with E-state index in [2.05, 4.69) is 32.9 Å². The first-order valence-corrected chi connectivity index (χ1v) is 4.09. The summed E-state index contributed by atoms with van der Waals surface area (Å²) in [6.45, 7) is 17.4. The number of carbonyl (C=O) groups is 1. The Morgan fingerprint density at radius 2 is 1.62 bits per heavy atom. The molecule has 0 aliphatic heterocycles. The molecule has 0 rings (SSSR count). The van der Waals surface area contributed by atoms with Crippen molar-refractivity contribution in [2.75, 3.05) is 0 Å². The van der Waals surface area contributed by atoms with E-state index in [0.717, 1.165) is 12.8 Å². The standard InChI is InChI=1S/C7H12O2.2C2H4/c1-3-4-5-6(2)7(8)9;2*1-2/h2-5H2,1H3,(H,8,9);2*1-2H2. The number of carboxylic acids is 1. The van der Waals surface area contributed by atoms with Crippen LogP contribution in [0.3, 0.4) is 0 Å². The van der Waals surface area contributed by atoms with Crippen LogP contribution in [0.25, 0.3) is 0 Å². The highest BCUT2D eigenvalue weighted by Gasteiger charge is 2.00. The average Bonchev–Trinajstić information content (AvgIpc) is 2.20. The largest absolute Gasteiger partial charge is 0.478 e. The summed E-state index contributed by atoms with van der Waals surface area (Å²) in [5, 5.41) is 8.31. The van der Waals surface area contributed by atoms with E-state index in [9.17, 15) is 4.79 Å². The molecule has 13 heavy (non-hydrogen) atoms. The second-order valence-electron chi connectivity index (χ2n) is 2.01. The molecule has 0 atom stereocenters. The van der Waals surface area contributed by atoms with Crippen molar-refractivity contribution in [3.63, 3.8) is 0 Å². The Morgan fingerprint density at radius 3 is 1.85 bits per heavy atom. The summed E-state index contributed by atoms with van der Waals surface area (Å²) in [5.41, 5.74) is 0.317. The molecule has 0 aromatic heterocycles. The van der Waals surface area contributed by atoms with Crippen molar-refractivity contribution >= 4 is 5.97 Å². The van der Waals surface area contributed by atoms with E-state index >= 15 is 0 Å². The molecule has 2 heteroatoms. The van der Waals surface area contributed by atoms with Crippen molar-refractivity contribution in [2.24, 2.45) is 0 Å². The van der Waals surface area contributed by atoms with Crippen LogP contribution in [0, 0.1) is 0 Å². The van der Waals surface area contributed by atoms with Gasteiger partial charge in [0.15, 0.2) is 0 Å². The minimum atomic E-state index is -0.872. The zero-order valence-electron chi connectivity index (χ0n) is 8.51. The zero-order valence-corrected chi connectivity index (χ0v) is 8.51. The summed E-state index contributed by atoms with van der Waals surface area (Å²) in [7, 11) is 0. The zero-order chi connectivity index (χ0) is 11.3. The fourth-order valence-electron chi connectivity index (χ4n) is 0.497. The topological polar surface area (TPSA) is 37.3 Å². The summed E-state index contributed by atoms with van der Waals surface area (Å²) >= 11 is 0. The van der Waals surface area contributed by atoms with Crippen molar-refractivity contribution < 1.29 is 9.90 Å². The highest BCUT2D eigenvalue weighted by molar-refractivity contribution is 5.85. The molecule has 0 saturated carbocycles. The van der Waals surface area contributed by atoms with Gasteiger partial charge in [0.2, 0.25) is 0 Å². The molecule has 0 aliphatic carbocycles. The summed E-state index contributed by atoms with van der Waals surface area (Å²) in [6.07, 6.45) is 2.56. The molecule has 0 saturated heterocycles. The lowest BCUT2D eigenvalue weighted by molar-refractivity contribution is -0.132. The van der Waals surface area contributed by atoms with Gasteiger partial charge in [0.25, 0.3) is 0 Å². The average molecular weight is 184 g/mol. The molecule has 0 aliphatic rings. The Bertz CT molecular complexity index is 137. The number of aliphatic carboxylic acids is 1. The number of rotatable bonds is 4. The smallest absolute Gasteiger partial charge is 0.330 e. The molecule has 0 aromatic carbocycles. The predicted octanol–water partition coefficient (Wildman–Crippen LogP) is 3.42. The number of unbranched alkanes of at least 4 members (excludes halogenated alkanes) is 1. The van der Waals surface area contributed by atoms with Crippen LogP contribution in [-0.2, 0) is 4.79 Å². The molecular weight excluding hydrogens is 164 g/mol. The van der Waals surface area contributed by atoms with Gasteiger partial charge >= 0.3 is 5.97 Å². The van der Waals surface area contributed by atoms with Gasteiger partial charge in [-0.25, -0.2) is 4.79 Å². The van der Waals surface area contributed by atoms with Crippen LogP contribution in [-0.4, -0.2) is 11.1 Å². The lowest BCUT2D eigenvalue weighted by Crippen LogP contribution is -1.97. The van der Waals surface area contributed by atoms with Crippen molar-refractivity contribution in [3.05, 3.63) is 38.5 Å². The van der Waals surface area contributed by atoms with E-state index in [1.165, 1.54) is 0 Å². The molecule has 0 heterocycles. The van der Waals surface area contributed by atoms with E-state index < -0.39 is 5.97 Å². The molecule has 0 unspecified atom stereocenters. The van der Waals surface area contributed by atoms with E-state index in [0.29, 0.717) is 12.0 Å². The fourth-order valence-corrected chi connectivity index (χ4v) is 0.497. The molecule has 2 nitrogen and oxygen atoms in total. The van der Waals surface area contributed by atoms with Gasteiger partial charge in [0.1, 0.15) is 0 Å². The van der Waals surface area contributed by atoms with Crippen molar-refractivity contribution in [2.45, 2.75) is 26.2 Å². The van der Waals surface area contributed by atoms with Gasteiger partial charge in [-0.05, 0) is 12.8 Å². The molecule has 0 radical (unpaired) electrons. The molecule has 0 spiro atoms. The second kappa shape index (κ2) is 17.0. The van der Waals surface area contributed by atoms with Crippen LogP contribution in [0.1, 0.15) is 26.2 Å². The fraction of sp³-hybridized carbons (Fsp3) is 0.364. The minimum absolute atomic E-state index is 0.317.